The van der Waals surface area contributed by atoms with Crippen LogP contribution in [-0.2, 0) is 16.6 Å². The molecule has 194 valence electrons. The Balaban J connectivity index is 1.47. The predicted octanol–water partition coefficient (Wildman–Crippen LogP) is 4.15. The minimum Gasteiger partial charge on any atom is -0.454 e. The van der Waals surface area contributed by atoms with Crippen molar-refractivity contribution in [2.45, 2.75) is 53.8 Å². The summed E-state index contributed by atoms with van der Waals surface area (Å²) >= 11 is 4.79. The number of imidazole rings is 1. The van der Waals surface area contributed by atoms with Crippen LogP contribution in [0.25, 0.3) is 11.2 Å². The fourth-order valence-electron chi connectivity index (χ4n) is 4.28. The highest BCUT2D eigenvalue weighted by Gasteiger charge is 2.52. The van der Waals surface area contributed by atoms with E-state index in [-0.39, 0.29) is 32.1 Å². The predicted molar refractivity (Wildman–Crippen MR) is 128 cm³/mol. The number of fused-ring (bicyclic) bond motifs is 2. The lowest BCUT2D eigenvalue weighted by atomic mass is 10.0. The summed E-state index contributed by atoms with van der Waals surface area (Å²) in [5, 5.41) is 0.470. The number of benzene rings is 1. The van der Waals surface area contributed by atoms with E-state index in [1.165, 1.54) is 18.1 Å². The number of ether oxygens (including phenoxy) is 2. The number of hydrogen-bond donors (Lipinski definition) is 1. The van der Waals surface area contributed by atoms with Crippen molar-refractivity contribution in [3.8, 4) is 11.5 Å². The van der Waals surface area contributed by atoms with Crippen LogP contribution in [0.4, 0.5) is 19.0 Å². The average molecular weight is 609 g/mol. The molecule has 3 aromatic rings. The molecule has 4 heterocycles. The number of aromatic nitrogens is 4. The van der Waals surface area contributed by atoms with Gasteiger partial charge in [0.2, 0.25) is 6.79 Å². The third-order valence-electron chi connectivity index (χ3n) is 6.01. The van der Waals surface area contributed by atoms with Crippen LogP contribution in [0.2, 0.25) is 0 Å². The Morgan fingerprint density at radius 2 is 1.94 bits per heavy atom. The summed E-state index contributed by atoms with van der Waals surface area (Å²) < 4.78 is 78.1. The van der Waals surface area contributed by atoms with Gasteiger partial charge in [-0.15, -0.1) is 0 Å². The van der Waals surface area contributed by atoms with E-state index in [1.54, 1.807) is 16.7 Å². The van der Waals surface area contributed by atoms with Crippen LogP contribution in [0.1, 0.15) is 25.7 Å². The number of halogens is 4. The quantitative estimate of drug-likeness (QED) is 0.439. The fourth-order valence-corrected chi connectivity index (χ4v) is 7.03. The van der Waals surface area contributed by atoms with Gasteiger partial charge in [-0.05, 0) is 47.3 Å². The van der Waals surface area contributed by atoms with E-state index >= 15 is 0 Å². The number of nitrogens with zero attached hydrogens (tertiary/aromatic N) is 5. The molecule has 0 bridgehead atoms. The van der Waals surface area contributed by atoms with E-state index in [0.29, 0.717) is 51.4 Å². The van der Waals surface area contributed by atoms with E-state index < -0.39 is 21.6 Å². The monoisotopic (exact) mass is 608 g/mol. The number of rotatable bonds is 6. The van der Waals surface area contributed by atoms with Crippen molar-refractivity contribution in [1.29, 1.82) is 0 Å². The van der Waals surface area contributed by atoms with Gasteiger partial charge in [0, 0.05) is 28.5 Å². The molecule has 1 unspecified atom stereocenters. The average Bonchev–Trinajstić information content (AvgIpc) is 3.42. The topological polar surface area (TPSA) is 125 Å². The zero-order valence-electron chi connectivity index (χ0n) is 18.5. The van der Waals surface area contributed by atoms with E-state index in [0.717, 1.165) is 9.37 Å². The van der Waals surface area contributed by atoms with Gasteiger partial charge >= 0.3 is 15.5 Å². The van der Waals surface area contributed by atoms with Crippen molar-refractivity contribution in [2.24, 2.45) is 0 Å². The standard InChI is InChI=1S/C20H20BrF3N6O4S2/c21-12-7-13-14(34-10-33-13)8-15(12)35-19-28-16-17(25)26-9-27-18(16)29(19)6-4-11-3-1-2-5-30(11)36(31,32)20(22,23)24/h7-9,11H,1-6,10H2,(H2,25,26,27). The van der Waals surface area contributed by atoms with Crippen molar-refractivity contribution in [3.05, 3.63) is 22.9 Å². The molecule has 0 saturated carbocycles. The Bertz CT molecular complexity index is 1420. The number of sulfonamides is 1. The summed E-state index contributed by atoms with van der Waals surface area (Å²) in [5.74, 6) is 1.32. The first-order chi connectivity index (χ1) is 17.1. The molecule has 2 N–H and O–H groups in total. The molecule has 0 radical (unpaired) electrons. The Morgan fingerprint density at radius 1 is 1.19 bits per heavy atom. The summed E-state index contributed by atoms with van der Waals surface area (Å²) in [5.41, 5.74) is 1.41. The zero-order chi connectivity index (χ0) is 25.7. The summed E-state index contributed by atoms with van der Waals surface area (Å²) in [6.07, 6.45) is 2.76. The number of piperidine rings is 1. The zero-order valence-corrected chi connectivity index (χ0v) is 21.8. The molecule has 2 aliphatic heterocycles. The highest BCUT2D eigenvalue weighted by atomic mass is 79.9. The van der Waals surface area contributed by atoms with E-state index in [4.69, 9.17) is 15.2 Å². The van der Waals surface area contributed by atoms with Crippen LogP contribution in [0, 0.1) is 0 Å². The molecular formula is C20H20BrF3N6O4S2. The number of aryl methyl sites for hydroxylation is 1. The van der Waals surface area contributed by atoms with Gasteiger partial charge in [0.25, 0.3) is 0 Å². The van der Waals surface area contributed by atoms with Gasteiger partial charge < -0.3 is 19.8 Å². The molecular weight excluding hydrogens is 589 g/mol. The maximum absolute atomic E-state index is 13.3. The first-order valence-electron chi connectivity index (χ1n) is 10.9. The third kappa shape index (κ3) is 4.59. The van der Waals surface area contributed by atoms with Crippen molar-refractivity contribution < 1.29 is 31.1 Å². The molecule has 10 nitrogen and oxygen atoms in total. The molecule has 0 amide bonds. The lowest BCUT2D eigenvalue weighted by Gasteiger charge is -2.35. The second-order valence-electron chi connectivity index (χ2n) is 8.21. The summed E-state index contributed by atoms with van der Waals surface area (Å²) in [6.45, 7) is 0.114. The van der Waals surface area contributed by atoms with Gasteiger partial charge in [0.15, 0.2) is 33.6 Å². The second-order valence-corrected chi connectivity index (χ2v) is 12.0. The summed E-state index contributed by atoms with van der Waals surface area (Å²) in [6, 6.07) is 2.75. The van der Waals surface area contributed by atoms with Gasteiger partial charge in [-0.1, -0.05) is 18.2 Å². The van der Waals surface area contributed by atoms with E-state index in [9.17, 15) is 21.6 Å². The number of hydrogen-bond acceptors (Lipinski definition) is 9. The molecule has 1 atom stereocenters. The van der Waals surface area contributed by atoms with Crippen molar-refractivity contribution in [3.63, 3.8) is 0 Å². The largest absolute Gasteiger partial charge is 0.511 e. The number of nitrogen functional groups attached to an aromatic ring is 1. The lowest BCUT2D eigenvalue weighted by molar-refractivity contribution is -0.0510. The van der Waals surface area contributed by atoms with Crippen LogP contribution >= 0.6 is 27.7 Å². The minimum atomic E-state index is -5.43. The van der Waals surface area contributed by atoms with Crippen LogP contribution in [0.3, 0.4) is 0 Å². The molecule has 2 aromatic heterocycles. The van der Waals surface area contributed by atoms with Gasteiger partial charge in [-0.25, -0.2) is 23.4 Å². The summed E-state index contributed by atoms with van der Waals surface area (Å²) in [4.78, 5) is 13.6. The first-order valence-corrected chi connectivity index (χ1v) is 13.9. The molecule has 5 rings (SSSR count). The molecule has 36 heavy (non-hydrogen) atoms. The van der Waals surface area contributed by atoms with Gasteiger partial charge in [0.05, 0.1) is 0 Å². The fraction of sp³-hybridized carbons (Fsp3) is 0.450. The Morgan fingerprint density at radius 3 is 2.69 bits per heavy atom. The smallest absolute Gasteiger partial charge is 0.454 e. The molecule has 0 aliphatic carbocycles. The number of nitrogens with two attached hydrogens (primary N) is 1. The van der Waals surface area contributed by atoms with Gasteiger partial charge in [-0.2, -0.15) is 17.5 Å². The van der Waals surface area contributed by atoms with Crippen LogP contribution in [-0.4, -0.2) is 57.1 Å². The SMILES string of the molecule is Nc1ncnc2c1nc(Sc1cc3c(cc1Br)OCO3)n2CCC1CCCCN1S(=O)(=O)C(F)(F)F. The molecule has 0 spiro atoms. The Kier molecular flexibility index (Phi) is 6.72. The Hall–Kier alpha value is -2.30. The number of anilines is 1. The van der Waals surface area contributed by atoms with Gasteiger partial charge in [0.1, 0.15) is 6.33 Å². The van der Waals surface area contributed by atoms with Crippen molar-refractivity contribution >= 4 is 54.7 Å². The van der Waals surface area contributed by atoms with E-state index in [2.05, 4.69) is 30.9 Å². The van der Waals surface area contributed by atoms with Crippen molar-refractivity contribution in [2.75, 3.05) is 19.1 Å². The summed E-state index contributed by atoms with van der Waals surface area (Å²) in [7, 11) is -5.43. The van der Waals surface area contributed by atoms with Crippen LogP contribution < -0.4 is 15.2 Å². The Labute approximate surface area is 216 Å². The normalized spacial score (nSPS) is 18.7. The highest BCUT2D eigenvalue weighted by Crippen LogP contribution is 2.43. The molecule has 1 aromatic carbocycles. The molecule has 1 saturated heterocycles. The maximum atomic E-state index is 13.3. The second kappa shape index (κ2) is 9.54. The molecule has 16 heteroatoms. The van der Waals surface area contributed by atoms with Gasteiger partial charge in [-0.3, -0.25) is 0 Å². The van der Waals surface area contributed by atoms with Crippen LogP contribution in [0.5, 0.6) is 11.5 Å². The van der Waals surface area contributed by atoms with Crippen molar-refractivity contribution in [1.82, 2.24) is 23.8 Å². The van der Waals surface area contributed by atoms with Crippen LogP contribution in [0.15, 0.2) is 33.0 Å². The molecule has 1 fully saturated rings. The first kappa shape index (κ1) is 25.4. The highest BCUT2D eigenvalue weighted by molar-refractivity contribution is 9.10. The lowest BCUT2D eigenvalue weighted by Crippen LogP contribution is -2.49. The van der Waals surface area contributed by atoms with E-state index in [1.807, 2.05) is 0 Å². The molecule has 2 aliphatic rings. The minimum absolute atomic E-state index is 0.110. The maximum Gasteiger partial charge on any atom is 0.511 e. The third-order valence-corrected chi connectivity index (χ3v) is 9.67. The number of alkyl halides is 3.